The molecule has 0 aliphatic heterocycles. The summed E-state index contributed by atoms with van der Waals surface area (Å²) in [5, 5.41) is 3.20. The molecular weight excluding hydrogens is 564 g/mol. The van der Waals surface area contributed by atoms with E-state index in [1.165, 1.54) is 41.3 Å². The molecule has 2 aromatic rings. The van der Waals surface area contributed by atoms with E-state index in [4.69, 9.17) is 34.8 Å². The first-order valence-corrected chi connectivity index (χ1v) is 14.9. The number of carbonyl (C=O) groups excluding carboxylic acids is 2. The van der Waals surface area contributed by atoms with Gasteiger partial charge in [-0.1, -0.05) is 66.7 Å². The quantitative estimate of drug-likeness (QED) is 0.374. The maximum absolute atomic E-state index is 13.7. The topological polar surface area (TPSA) is 86.8 Å². The van der Waals surface area contributed by atoms with Crippen LogP contribution < -0.4 is 9.62 Å². The average Bonchev–Trinajstić information content (AvgIpc) is 3.33. The first kappa shape index (κ1) is 29.5. The van der Waals surface area contributed by atoms with Gasteiger partial charge in [0.15, 0.2) is 0 Å². The zero-order valence-electron chi connectivity index (χ0n) is 20.5. The van der Waals surface area contributed by atoms with Crippen LogP contribution >= 0.6 is 34.8 Å². The molecule has 37 heavy (non-hydrogen) atoms. The van der Waals surface area contributed by atoms with Crippen LogP contribution in [0.15, 0.2) is 36.4 Å². The average molecular weight is 593 g/mol. The Bertz CT molecular complexity index is 1240. The zero-order chi connectivity index (χ0) is 27.3. The van der Waals surface area contributed by atoms with Crippen molar-refractivity contribution >= 4 is 62.3 Å². The summed E-state index contributed by atoms with van der Waals surface area (Å²) in [5.74, 6) is -1.39. The highest BCUT2D eigenvalue weighted by atomic mass is 35.5. The number of rotatable bonds is 10. The number of amides is 2. The van der Waals surface area contributed by atoms with Gasteiger partial charge < -0.3 is 10.2 Å². The molecule has 1 N–H and O–H groups in total. The summed E-state index contributed by atoms with van der Waals surface area (Å²) in [6.07, 6.45) is 5.00. The van der Waals surface area contributed by atoms with E-state index in [9.17, 15) is 22.4 Å². The number of hydrogen-bond acceptors (Lipinski definition) is 4. The standard InChI is InChI=1S/C25H29Cl3FN3O4S/c1-3-22(25(34)30-18-6-4-5-7-18)31(14-16-8-10-17(29)11-9-16)24(33)15-32(37(2,35)36)23-13-20(27)19(26)12-21(23)28/h8-13,18,22H,3-7,14-15H2,1-2H3,(H,30,34)/t22-/m1/s1. The van der Waals surface area contributed by atoms with Crippen molar-refractivity contribution in [2.75, 3.05) is 17.1 Å². The molecule has 1 aliphatic carbocycles. The van der Waals surface area contributed by atoms with Crippen LogP contribution in [-0.4, -0.2) is 50.0 Å². The lowest BCUT2D eigenvalue weighted by Crippen LogP contribution is -2.53. The fourth-order valence-corrected chi connectivity index (χ4v) is 5.92. The van der Waals surface area contributed by atoms with Gasteiger partial charge in [0.2, 0.25) is 21.8 Å². The van der Waals surface area contributed by atoms with Crippen molar-refractivity contribution in [1.29, 1.82) is 0 Å². The van der Waals surface area contributed by atoms with Gasteiger partial charge in [-0.15, -0.1) is 0 Å². The summed E-state index contributed by atoms with van der Waals surface area (Å²) >= 11 is 18.4. The Hall–Kier alpha value is -2.07. The zero-order valence-corrected chi connectivity index (χ0v) is 23.6. The van der Waals surface area contributed by atoms with Gasteiger partial charge in [-0.05, 0) is 49.1 Å². The maximum atomic E-state index is 13.7. The molecule has 1 aliphatic rings. The molecule has 7 nitrogen and oxygen atoms in total. The number of nitrogens with one attached hydrogen (secondary N) is 1. The van der Waals surface area contributed by atoms with Crippen LogP contribution in [0, 0.1) is 5.82 Å². The molecule has 2 amide bonds. The molecule has 1 saturated carbocycles. The van der Waals surface area contributed by atoms with Crippen LogP contribution in [-0.2, 0) is 26.2 Å². The lowest BCUT2D eigenvalue weighted by molar-refractivity contribution is -0.140. The van der Waals surface area contributed by atoms with Crippen LogP contribution in [0.4, 0.5) is 10.1 Å². The summed E-state index contributed by atoms with van der Waals surface area (Å²) in [4.78, 5) is 28.3. The molecule has 0 aromatic heterocycles. The third-order valence-corrected chi connectivity index (χ3v) is 8.44. The Morgan fingerprint density at radius 3 is 2.22 bits per heavy atom. The van der Waals surface area contributed by atoms with Crippen molar-refractivity contribution in [2.24, 2.45) is 0 Å². The highest BCUT2D eigenvalue weighted by Crippen LogP contribution is 2.35. The molecule has 0 spiro atoms. The number of sulfonamides is 1. The van der Waals surface area contributed by atoms with Gasteiger partial charge in [0.1, 0.15) is 18.4 Å². The third-order valence-electron chi connectivity index (χ3n) is 6.29. The highest BCUT2D eigenvalue weighted by Gasteiger charge is 2.33. The SMILES string of the molecule is CC[C@H](C(=O)NC1CCCC1)N(Cc1ccc(F)cc1)C(=O)CN(c1cc(Cl)c(Cl)cc1Cl)S(C)(=O)=O. The second-order valence-electron chi connectivity index (χ2n) is 9.05. The van der Waals surface area contributed by atoms with Crippen molar-refractivity contribution in [3.8, 4) is 0 Å². The summed E-state index contributed by atoms with van der Waals surface area (Å²) in [6, 6.07) is 7.28. The van der Waals surface area contributed by atoms with E-state index in [-0.39, 0.29) is 45.7 Å². The Morgan fingerprint density at radius 1 is 1.05 bits per heavy atom. The normalized spacial score (nSPS) is 14.9. The Kier molecular flexibility index (Phi) is 10.1. The first-order valence-electron chi connectivity index (χ1n) is 11.9. The monoisotopic (exact) mass is 591 g/mol. The fourth-order valence-electron chi connectivity index (χ4n) is 4.37. The van der Waals surface area contributed by atoms with E-state index in [2.05, 4.69) is 5.32 Å². The number of anilines is 1. The molecule has 0 bridgehead atoms. The molecule has 0 unspecified atom stereocenters. The van der Waals surface area contributed by atoms with Gasteiger partial charge >= 0.3 is 0 Å². The molecule has 0 saturated heterocycles. The van der Waals surface area contributed by atoms with Crippen molar-refractivity contribution in [3.05, 3.63) is 62.8 Å². The van der Waals surface area contributed by atoms with Crippen LogP contribution in [0.2, 0.25) is 15.1 Å². The van der Waals surface area contributed by atoms with Crippen LogP contribution in [0.5, 0.6) is 0 Å². The highest BCUT2D eigenvalue weighted by molar-refractivity contribution is 7.92. The van der Waals surface area contributed by atoms with E-state index < -0.39 is 34.3 Å². The van der Waals surface area contributed by atoms with Gasteiger partial charge in [0.25, 0.3) is 0 Å². The molecule has 12 heteroatoms. The second-order valence-corrected chi connectivity index (χ2v) is 12.2. The van der Waals surface area contributed by atoms with Crippen LogP contribution in [0.25, 0.3) is 0 Å². The molecule has 0 radical (unpaired) electrons. The van der Waals surface area contributed by atoms with Crippen molar-refractivity contribution < 1.29 is 22.4 Å². The van der Waals surface area contributed by atoms with E-state index in [1.54, 1.807) is 6.92 Å². The third kappa shape index (κ3) is 7.72. The fraction of sp³-hybridized carbons (Fsp3) is 0.440. The molecule has 2 aromatic carbocycles. The van der Waals surface area contributed by atoms with Gasteiger partial charge in [-0.25, -0.2) is 12.8 Å². The molecule has 0 heterocycles. The second kappa shape index (κ2) is 12.7. The molecular formula is C25H29Cl3FN3O4S. The van der Waals surface area contributed by atoms with Crippen molar-refractivity contribution in [2.45, 2.75) is 57.7 Å². The van der Waals surface area contributed by atoms with E-state index in [0.717, 1.165) is 36.2 Å². The number of carbonyl (C=O) groups is 2. The maximum Gasteiger partial charge on any atom is 0.244 e. The minimum Gasteiger partial charge on any atom is -0.352 e. The number of halogens is 4. The van der Waals surface area contributed by atoms with Crippen molar-refractivity contribution in [3.63, 3.8) is 0 Å². The summed E-state index contributed by atoms with van der Waals surface area (Å²) in [6.45, 7) is 1.11. The summed E-state index contributed by atoms with van der Waals surface area (Å²) in [7, 11) is -4.00. The summed E-state index contributed by atoms with van der Waals surface area (Å²) < 4.78 is 39.8. The predicted octanol–water partition coefficient (Wildman–Crippen LogP) is 5.42. The first-order chi connectivity index (χ1) is 17.4. The minimum absolute atomic E-state index is 0.0104. The molecule has 1 fully saturated rings. The smallest absolute Gasteiger partial charge is 0.244 e. The van der Waals surface area contributed by atoms with E-state index in [1.807, 2.05) is 0 Å². The van der Waals surface area contributed by atoms with Crippen LogP contribution in [0.3, 0.4) is 0 Å². The number of hydrogen-bond donors (Lipinski definition) is 1. The van der Waals surface area contributed by atoms with Gasteiger partial charge in [-0.3, -0.25) is 13.9 Å². The van der Waals surface area contributed by atoms with E-state index in [0.29, 0.717) is 5.56 Å². The Labute approximate surface area is 231 Å². The van der Waals surface area contributed by atoms with Gasteiger partial charge in [-0.2, -0.15) is 0 Å². The summed E-state index contributed by atoms with van der Waals surface area (Å²) in [5.41, 5.74) is 0.567. The van der Waals surface area contributed by atoms with Crippen molar-refractivity contribution in [1.82, 2.24) is 10.2 Å². The molecule has 202 valence electrons. The van der Waals surface area contributed by atoms with Gasteiger partial charge in [0, 0.05) is 12.6 Å². The van der Waals surface area contributed by atoms with Crippen LogP contribution in [0.1, 0.15) is 44.6 Å². The predicted molar refractivity (Wildman–Crippen MR) is 145 cm³/mol. The largest absolute Gasteiger partial charge is 0.352 e. The Balaban J connectivity index is 1.96. The lowest BCUT2D eigenvalue weighted by atomic mass is 10.1. The molecule has 3 rings (SSSR count). The van der Waals surface area contributed by atoms with Gasteiger partial charge in [0.05, 0.1) is 27.0 Å². The lowest BCUT2D eigenvalue weighted by Gasteiger charge is -2.33. The van der Waals surface area contributed by atoms with E-state index >= 15 is 0 Å². The minimum atomic E-state index is -4.00. The number of nitrogens with zero attached hydrogens (tertiary/aromatic N) is 2. The Morgan fingerprint density at radius 2 is 1.65 bits per heavy atom. The number of benzene rings is 2. The molecule has 1 atom stereocenters.